The van der Waals surface area contributed by atoms with Crippen LogP contribution in [0.3, 0.4) is 0 Å². The standard InChI is InChI=1S/C12H17N3O3/c1-2-7-15-8-6-13-9(10(15)16)14-12(11(17)18)4-3-5-12/h6,8H,2-5,7H2,1H3,(H,13,14)(H,17,18). The normalized spacial score (nSPS) is 16.9. The molecule has 1 heterocycles. The van der Waals surface area contributed by atoms with Gasteiger partial charge in [-0.05, 0) is 25.7 Å². The van der Waals surface area contributed by atoms with Crippen LogP contribution in [0.4, 0.5) is 5.82 Å². The van der Waals surface area contributed by atoms with E-state index in [1.165, 1.54) is 6.20 Å². The number of rotatable bonds is 5. The van der Waals surface area contributed by atoms with Crippen LogP contribution in [-0.2, 0) is 11.3 Å². The number of hydrogen-bond donors (Lipinski definition) is 2. The molecule has 0 atom stereocenters. The lowest BCUT2D eigenvalue weighted by atomic mass is 9.77. The molecule has 98 valence electrons. The van der Waals surface area contributed by atoms with Gasteiger partial charge < -0.3 is 15.0 Å². The van der Waals surface area contributed by atoms with Crippen LogP contribution in [0.2, 0.25) is 0 Å². The Bertz CT molecular complexity index is 506. The minimum absolute atomic E-state index is 0.132. The molecule has 0 bridgehead atoms. The lowest BCUT2D eigenvalue weighted by molar-refractivity contribution is -0.145. The SMILES string of the molecule is CCCn1ccnc(NC2(C(=O)O)CCC2)c1=O. The molecule has 0 unspecified atom stereocenters. The predicted molar refractivity (Wildman–Crippen MR) is 66.6 cm³/mol. The van der Waals surface area contributed by atoms with Crippen molar-refractivity contribution < 1.29 is 9.90 Å². The smallest absolute Gasteiger partial charge is 0.329 e. The molecule has 1 fully saturated rings. The van der Waals surface area contributed by atoms with Crippen molar-refractivity contribution in [1.82, 2.24) is 9.55 Å². The zero-order chi connectivity index (χ0) is 13.2. The van der Waals surface area contributed by atoms with Gasteiger partial charge >= 0.3 is 5.97 Å². The fourth-order valence-corrected chi connectivity index (χ4v) is 2.10. The maximum absolute atomic E-state index is 12.0. The number of anilines is 1. The van der Waals surface area contributed by atoms with Crippen LogP contribution < -0.4 is 10.9 Å². The summed E-state index contributed by atoms with van der Waals surface area (Å²) in [5.41, 5.74) is -1.26. The summed E-state index contributed by atoms with van der Waals surface area (Å²) in [6, 6.07) is 0. The van der Waals surface area contributed by atoms with Crippen molar-refractivity contribution in [2.45, 2.75) is 44.7 Å². The molecule has 0 saturated heterocycles. The van der Waals surface area contributed by atoms with Gasteiger partial charge in [-0.25, -0.2) is 9.78 Å². The number of nitrogens with one attached hydrogen (secondary N) is 1. The molecule has 1 aliphatic rings. The molecule has 1 aromatic rings. The Balaban J connectivity index is 2.27. The Morgan fingerprint density at radius 2 is 2.33 bits per heavy atom. The van der Waals surface area contributed by atoms with E-state index in [0.29, 0.717) is 19.4 Å². The van der Waals surface area contributed by atoms with E-state index in [9.17, 15) is 14.7 Å². The highest BCUT2D eigenvalue weighted by atomic mass is 16.4. The Morgan fingerprint density at radius 3 is 2.83 bits per heavy atom. The summed E-state index contributed by atoms with van der Waals surface area (Å²) in [5.74, 6) is -0.783. The Hall–Kier alpha value is -1.85. The first-order valence-electron chi connectivity index (χ1n) is 6.16. The molecule has 0 radical (unpaired) electrons. The molecule has 6 heteroatoms. The molecule has 1 aromatic heterocycles. The van der Waals surface area contributed by atoms with Crippen molar-refractivity contribution in [2.24, 2.45) is 0 Å². The summed E-state index contributed by atoms with van der Waals surface area (Å²) in [6.07, 6.45) is 5.90. The third-order valence-corrected chi connectivity index (χ3v) is 3.35. The van der Waals surface area contributed by atoms with E-state index in [4.69, 9.17) is 0 Å². The molecule has 0 aromatic carbocycles. The van der Waals surface area contributed by atoms with Crippen LogP contribution in [0.25, 0.3) is 0 Å². The van der Waals surface area contributed by atoms with Gasteiger partial charge in [-0.15, -0.1) is 0 Å². The van der Waals surface area contributed by atoms with Gasteiger partial charge in [-0.2, -0.15) is 0 Å². The number of carboxylic acid groups (broad SMARTS) is 1. The van der Waals surface area contributed by atoms with E-state index < -0.39 is 11.5 Å². The first-order chi connectivity index (χ1) is 8.59. The number of carboxylic acids is 1. The second-order valence-corrected chi connectivity index (χ2v) is 4.64. The van der Waals surface area contributed by atoms with Crippen molar-refractivity contribution in [3.8, 4) is 0 Å². The fourth-order valence-electron chi connectivity index (χ4n) is 2.10. The Labute approximate surface area is 105 Å². The lowest BCUT2D eigenvalue weighted by Crippen LogP contribution is -2.53. The molecule has 0 spiro atoms. The van der Waals surface area contributed by atoms with Gasteiger partial charge in [0.1, 0.15) is 5.54 Å². The third kappa shape index (κ3) is 2.10. The minimum atomic E-state index is -1.00. The van der Waals surface area contributed by atoms with Gasteiger partial charge in [-0.3, -0.25) is 4.79 Å². The van der Waals surface area contributed by atoms with E-state index in [-0.39, 0.29) is 11.4 Å². The number of hydrogen-bond acceptors (Lipinski definition) is 4. The van der Waals surface area contributed by atoms with Crippen LogP contribution in [-0.4, -0.2) is 26.2 Å². The first kappa shape index (κ1) is 12.6. The predicted octanol–water partition coefficient (Wildman–Crippen LogP) is 1.07. The van der Waals surface area contributed by atoms with Gasteiger partial charge in [0.2, 0.25) is 0 Å². The van der Waals surface area contributed by atoms with Gasteiger partial charge in [0.15, 0.2) is 5.82 Å². The van der Waals surface area contributed by atoms with Crippen molar-refractivity contribution in [2.75, 3.05) is 5.32 Å². The van der Waals surface area contributed by atoms with Gasteiger partial charge in [0.05, 0.1) is 0 Å². The van der Waals surface area contributed by atoms with Crippen molar-refractivity contribution >= 4 is 11.8 Å². The summed E-state index contributed by atoms with van der Waals surface area (Å²) in [4.78, 5) is 27.2. The monoisotopic (exact) mass is 251 g/mol. The molecule has 2 N–H and O–H groups in total. The number of aliphatic carboxylic acids is 1. The van der Waals surface area contributed by atoms with Gasteiger partial charge in [-0.1, -0.05) is 6.92 Å². The molecule has 0 amide bonds. The van der Waals surface area contributed by atoms with E-state index in [0.717, 1.165) is 12.8 Å². The second-order valence-electron chi connectivity index (χ2n) is 4.64. The van der Waals surface area contributed by atoms with Crippen LogP contribution in [0.1, 0.15) is 32.6 Å². The molecule has 6 nitrogen and oxygen atoms in total. The zero-order valence-corrected chi connectivity index (χ0v) is 10.3. The topological polar surface area (TPSA) is 84.2 Å². The van der Waals surface area contributed by atoms with Crippen LogP contribution in [0, 0.1) is 0 Å². The molecule has 0 aliphatic heterocycles. The number of nitrogens with zero attached hydrogens (tertiary/aromatic N) is 2. The van der Waals surface area contributed by atoms with E-state index in [1.54, 1.807) is 10.8 Å². The van der Waals surface area contributed by atoms with Crippen molar-refractivity contribution in [1.29, 1.82) is 0 Å². The maximum Gasteiger partial charge on any atom is 0.329 e. The summed E-state index contributed by atoms with van der Waals surface area (Å²) in [5, 5.41) is 12.0. The van der Waals surface area contributed by atoms with Crippen LogP contribution >= 0.6 is 0 Å². The molecular formula is C12H17N3O3. The third-order valence-electron chi connectivity index (χ3n) is 3.35. The molecule has 1 aliphatic carbocycles. The van der Waals surface area contributed by atoms with E-state index in [2.05, 4.69) is 10.3 Å². The summed E-state index contributed by atoms with van der Waals surface area (Å²) < 4.78 is 1.55. The van der Waals surface area contributed by atoms with Crippen LogP contribution in [0.5, 0.6) is 0 Å². The highest BCUT2D eigenvalue weighted by molar-refractivity contribution is 5.83. The highest BCUT2D eigenvalue weighted by Crippen LogP contribution is 2.34. The zero-order valence-electron chi connectivity index (χ0n) is 10.3. The Morgan fingerprint density at radius 1 is 1.61 bits per heavy atom. The average molecular weight is 251 g/mol. The maximum atomic E-state index is 12.0. The van der Waals surface area contributed by atoms with E-state index >= 15 is 0 Å². The molecule has 1 saturated carbocycles. The van der Waals surface area contributed by atoms with Crippen molar-refractivity contribution in [3.05, 3.63) is 22.7 Å². The highest BCUT2D eigenvalue weighted by Gasteiger charge is 2.45. The van der Waals surface area contributed by atoms with Crippen molar-refractivity contribution in [3.63, 3.8) is 0 Å². The summed E-state index contributed by atoms with van der Waals surface area (Å²) in [7, 11) is 0. The fraction of sp³-hybridized carbons (Fsp3) is 0.583. The lowest BCUT2D eigenvalue weighted by Gasteiger charge is -2.38. The molecule has 2 rings (SSSR count). The first-order valence-corrected chi connectivity index (χ1v) is 6.16. The number of carbonyl (C=O) groups is 1. The average Bonchev–Trinajstić information content (AvgIpc) is 2.28. The molecular weight excluding hydrogens is 234 g/mol. The van der Waals surface area contributed by atoms with Gasteiger partial charge in [0, 0.05) is 18.9 Å². The summed E-state index contributed by atoms with van der Waals surface area (Å²) >= 11 is 0. The second kappa shape index (κ2) is 4.80. The summed E-state index contributed by atoms with van der Waals surface area (Å²) in [6.45, 7) is 2.58. The van der Waals surface area contributed by atoms with Gasteiger partial charge in [0.25, 0.3) is 5.56 Å². The van der Waals surface area contributed by atoms with E-state index in [1.807, 2.05) is 6.92 Å². The quantitative estimate of drug-likeness (QED) is 0.817. The molecule has 18 heavy (non-hydrogen) atoms. The number of aromatic nitrogens is 2. The largest absolute Gasteiger partial charge is 0.480 e. The van der Waals surface area contributed by atoms with Crippen LogP contribution in [0.15, 0.2) is 17.2 Å². The number of aryl methyl sites for hydroxylation is 1. The Kier molecular flexibility index (Phi) is 3.36. The minimum Gasteiger partial charge on any atom is -0.480 e.